The summed E-state index contributed by atoms with van der Waals surface area (Å²) in [6.45, 7) is 2.55. The minimum absolute atomic E-state index is 0.0470. The van der Waals surface area contributed by atoms with Crippen molar-refractivity contribution in [2.24, 2.45) is 0 Å². The van der Waals surface area contributed by atoms with Gasteiger partial charge in [-0.1, -0.05) is 0 Å². The standard InChI is InChI=1S/C23H25F5N4O3S/c1-14(16-12-17(24)21(18(25)13-16)31(2)36(34)35)29-20(33)9-7-15-6-8-19(23(26,27)28)30-22(15)32-10-4-3-5-11-32/h6-9,12-14H,3-5,10-11H2,1-2H3,(H,29,33)(H,34,35)/p-1. The van der Waals surface area contributed by atoms with Crippen molar-refractivity contribution in [1.29, 1.82) is 0 Å². The highest BCUT2D eigenvalue weighted by Crippen LogP contribution is 2.32. The molecule has 3 rings (SSSR count). The van der Waals surface area contributed by atoms with Gasteiger partial charge in [0.1, 0.15) is 17.2 Å². The van der Waals surface area contributed by atoms with Gasteiger partial charge in [-0.15, -0.1) is 0 Å². The van der Waals surface area contributed by atoms with E-state index in [1.54, 1.807) is 4.90 Å². The summed E-state index contributed by atoms with van der Waals surface area (Å²) in [5, 5.41) is 2.52. The number of hydrogen-bond donors (Lipinski definition) is 1. The van der Waals surface area contributed by atoms with Crippen LogP contribution in [-0.2, 0) is 22.2 Å². The summed E-state index contributed by atoms with van der Waals surface area (Å²) < 4.78 is 90.7. The average molecular weight is 532 g/mol. The normalized spacial score (nSPS) is 16.2. The number of halogens is 5. The van der Waals surface area contributed by atoms with Crippen LogP contribution in [0.5, 0.6) is 0 Å². The molecule has 1 amide bonds. The molecule has 1 fully saturated rings. The van der Waals surface area contributed by atoms with Crippen LogP contribution in [0.3, 0.4) is 0 Å². The number of rotatable bonds is 7. The SMILES string of the molecule is CC(NC(=O)C=Cc1ccc(C(F)(F)F)nc1N1CCCCC1)c1cc(F)c(N(C)S(=O)[O-])c(F)c1. The average Bonchev–Trinajstić information content (AvgIpc) is 2.81. The van der Waals surface area contributed by atoms with Crippen LogP contribution < -0.4 is 14.5 Å². The Bertz CT molecular complexity index is 1150. The predicted octanol–water partition coefficient (Wildman–Crippen LogP) is 4.49. The maximum Gasteiger partial charge on any atom is 0.433 e. The number of hydrogen-bond acceptors (Lipinski definition) is 5. The van der Waals surface area contributed by atoms with Crippen LogP contribution in [0.15, 0.2) is 30.3 Å². The van der Waals surface area contributed by atoms with E-state index in [2.05, 4.69) is 10.3 Å². The largest absolute Gasteiger partial charge is 0.755 e. The summed E-state index contributed by atoms with van der Waals surface area (Å²) in [5.41, 5.74) is -1.42. The molecular formula is C23H24F5N4O3S-. The van der Waals surface area contributed by atoms with Crippen LogP contribution in [0.4, 0.5) is 33.5 Å². The molecule has 2 heterocycles. The molecule has 2 aromatic rings. The molecule has 2 atom stereocenters. The van der Waals surface area contributed by atoms with Gasteiger partial charge in [-0.3, -0.25) is 9.00 Å². The topological polar surface area (TPSA) is 88.6 Å². The number of pyridine rings is 1. The molecule has 2 unspecified atom stereocenters. The smallest absolute Gasteiger partial charge is 0.433 e. The molecule has 0 saturated carbocycles. The second-order valence-corrected chi connectivity index (χ2v) is 9.25. The van der Waals surface area contributed by atoms with Gasteiger partial charge in [-0.05, 0) is 62.1 Å². The first-order valence-electron chi connectivity index (χ1n) is 11.0. The van der Waals surface area contributed by atoms with E-state index in [0.717, 1.165) is 50.6 Å². The van der Waals surface area contributed by atoms with E-state index in [0.29, 0.717) is 23.0 Å². The summed E-state index contributed by atoms with van der Waals surface area (Å²) in [5.74, 6) is -2.79. The van der Waals surface area contributed by atoms with Crippen molar-refractivity contribution in [3.8, 4) is 0 Å². The Morgan fingerprint density at radius 2 is 1.81 bits per heavy atom. The van der Waals surface area contributed by atoms with Crippen LogP contribution in [0, 0.1) is 11.6 Å². The van der Waals surface area contributed by atoms with Gasteiger partial charge < -0.3 is 19.1 Å². The van der Waals surface area contributed by atoms with Gasteiger partial charge in [0.05, 0.1) is 6.04 Å². The van der Waals surface area contributed by atoms with Crippen LogP contribution in [0.2, 0.25) is 0 Å². The molecule has 36 heavy (non-hydrogen) atoms. The summed E-state index contributed by atoms with van der Waals surface area (Å²) >= 11 is -2.89. The number of carbonyl (C=O) groups is 1. The number of carbonyl (C=O) groups excluding carboxylic acids is 1. The Hall–Kier alpha value is -3.06. The molecular weight excluding hydrogens is 507 g/mol. The summed E-state index contributed by atoms with van der Waals surface area (Å²) in [6.07, 6.45) is 0.411. The highest BCUT2D eigenvalue weighted by molar-refractivity contribution is 7.80. The Balaban J connectivity index is 1.79. The molecule has 196 valence electrons. The van der Waals surface area contributed by atoms with E-state index in [1.807, 2.05) is 0 Å². The maximum absolute atomic E-state index is 14.4. The molecule has 13 heteroatoms. The number of benzene rings is 1. The molecule has 1 aliphatic heterocycles. The molecule has 1 aromatic heterocycles. The van der Waals surface area contributed by atoms with Crippen LogP contribution in [0.25, 0.3) is 6.08 Å². The van der Waals surface area contributed by atoms with E-state index in [4.69, 9.17) is 0 Å². The van der Waals surface area contributed by atoms with Crippen molar-refractivity contribution in [2.45, 2.75) is 38.4 Å². The van der Waals surface area contributed by atoms with E-state index >= 15 is 0 Å². The third-order valence-electron chi connectivity index (χ3n) is 5.70. The first-order valence-corrected chi connectivity index (χ1v) is 12.1. The number of amides is 1. The van der Waals surface area contributed by atoms with Crippen LogP contribution in [0.1, 0.15) is 49.0 Å². The minimum atomic E-state index is -4.61. The highest BCUT2D eigenvalue weighted by Gasteiger charge is 2.33. The maximum atomic E-state index is 14.4. The van der Waals surface area contributed by atoms with Gasteiger partial charge in [0, 0.05) is 43.0 Å². The summed E-state index contributed by atoms with van der Waals surface area (Å²) in [4.78, 5) is 18.0. The zero-order chi connectivity index (χ0) is 26.6. The lowest BCUT2D eigenvalue weighted by Crippen LogP contribution is -2.31. The zero-order valence-electron chi connectivity index (χ0n) is 19.4. The first-order chi connectivity index (χ1) is 16.9. The molecule has 0 bridgehead atoms. The Morgan fingerprint density at radius 1 is 1.19 bits per heavy atom. The molecule has 1 saturated heterocycles. The van der Waals surface area contributed by atoms with Gasteiger partial charge in [-0.25, -0.2) is 13.8 Å². The fraction of sp³-hybridized carbons (Fsp3) is 0.391. The molecule has 1 aromatic carbocycles. The third-order valence-corrected chi connectivity index (χ3v) is 6.33. The van der Waals surface area contributed by atoms with Crippen LogP contribution in [-0.4, -0.2) is 39.8 Å². The number of nitrogens with one attached hydrogen (secondary N) is 1. The lowest BCUT2D eigenvalue weighted by atomic mass is 10.1. The van der Waals surface area contributed by atoms with Crippen molar-refractivity contribution in [2.75, 3.05) is 29.3 Å². The quantitative estimate of drug-likeness (QED) is 0.323. The van der Waals surface area contributed by atoms with E-state index < -0.39 is 52.4 Å². The van der Waals surface area contributed by atoms with E-state index in [9.17, 15) is 35.5 Å². The number of anilines is 2. The summed E-state index contributed by atoms with van der Waals surface area (Å²) in [7, 11) is 0.981. The van der Waals surface area contributed by atoms with Crippen molar-refractivity contribution in [3.63, 3.8) is 0 Å². The lowest BCUT2D eigenvalue weighted by Gasteiger charge is -2.29. The first kappa shape index (κ1) is 27.5. The fourth-order valence-corrected chi connectivity index (χ4v) is 4.15. The Labute approximate surface area is 207 Å². The van der Waals surface area contributed by atoms with E-state index in [1.165, 1.54) is 19.1 Å². The molecule has 1 aliphatic rings. The number of piperidine rings is 1. The van der Waals surface area contributed by atoms with Crippen molar-refractivity contribution in [3.05, 3.63) is 58.8 Å². The lowest BCUT2D eigenvalue weighted by molar-refractivity contribution is -0.141. The van der Waals surface area contributed by atoms with E-state index in [-0.39, 0.29) is 11.4 Å². The van der Waals surface area contributed by atoms with Gasteiger partial charge >= 0.3 is 6.18 Å². The van der Waals surface area contributed by atoms with Gasteiger partial charge in [0.15, 0.2) is 11.6 Å². The zero-order valence-corrected chi connectivity index (χ0v) is 20.3. The predicted molar refractivity (Wildman–Crippen MR) is 125 cm³/mol. The fourth-order valence-electron chi connectivity index (χ4n) is 3.83. The Kier molecular flexibility index (Phi) is 8.67. The monoisotopic (exact) mass is 531 g/mol. The van der Waals surface area contributed by atoms with Crippen molar-refractivity contribution < 1.29 is 35.5 Å². The molecule has 0 aliphatic carbocycles. The highest BCUT2D eigenvalue weighted by atomic mass is 32.2. The van der Waals surface area contributed by atoms with Gasteiger partial charge in [0.25, 0.3) is 0 Å². The number of alkyl halides is 3. The van der Waals surface area contributed by atoms with Crippen molar-refractivity contribution in [1.82, 2.24) is 10.3 Å². The number of aromatic nitrogens is 1. The van der Waals surface area contributed by atoms with Crippen LogP contribution >= 0.6 is 0 Å². The molecule has 0 spiro atoms. The van der Waals surface area contributed by atoms with Gasteiger partial charge in [-0.2, -0.15) is 13.2 Å². The Morgan fingerprint density at radius 3 is 2.36 bits per heavy atom. The number of nitrogens with zero attached hydrogens (tertiary/aromatic N) is 3. The van der Waals surface area contributed by atoms with Gasteiger partial charge in [0.2, 0.25) is 5.91 Å². The third kappa shape index (κ3) is 6.58. The van der Waals surface area contributed by atoms with Crippen molar-refractivity contribution >= 4 is 34.8 Å². The minimum Gasteiger partial charge on any atom is -0.755 e. The summed E-state index contributed by atoms with van der Waals surface area (Å²) in [6, 6.07) is 3.03. The molecule has 1 N–H and O–H groups in total. The molecule has 7 nitrogen and oxygen atoms in total. The second kappa shape index (κ2) is 11.3. The second-order valence-electron chi connectivity index (χ2n) is 8.27. The molecule has 0 radical (unpaired) electrons.